The number of H-pyrrole nitrogens is 1. The van der Waals surface area contributed by atoms with Gasteiger partial charge in [0.25, 0.3) is 0 Å². The first-order valence-electron chi connectivity index (χ1n) is 7.60. The Morgan fingerprint density at radius 3 is 2.56 bits per heavy atom. The first kappa shape index (κ1) is 16.8. The standard InChI is InChI=1S/C15H8F3N3O2.C2H6/c1-6-2-3-8(7(16)4-6)21-13-10(18)9(17)11-14(23-5-19-11)12(13)20-15(21)22;1-2/h2-5H,1H3,(H,20,22);1-2H3. The van der Waals surface area contributed by atoms with Gasteiger partial charge in [-0.15, -0.1) is 0 Å². The van der Waals surface area contributed by atoms with Crippen molar-refractivity contribution in [3.63, 3.8) is 0 Å². The molecule has 0 atom stereocenters. The summed E-state index contributed by atoms with van der Waals surface area (Å²) in [6.07, 6.45) is 0.939. The van der Waals surface area contributed by atoms with Gasteiger partial charge in [-0.3, -0.25) is 4.57 Å². The zero-order valence-corrected chi connectivity index (χ0v) is 13.7. The van der Waals surface area contributed by atoms with Gasteiger partial charge in [-0.2, -0.15) is 0 Å². The van der Waals surface area contributed by atoms with Crippen LogP contribution in [-0.2, 0) is 0 Å². The number of hydrogen-bond acceptors (Lipinski definition) is 3. The Morgan fingerprint density at radius 2 is 1.88 bits per heavy atom. The zero-order valence-electron chi connectivity index (χ0n) is 13.7. The molecule has 0 aliphatic carbocycles. The second kappa shape index (κ2) is 6.12. The molecule has 1 N–H and O–H groups in total. The van der Waals surface area contributed by atoms with Gasteiger partial charge < -0.3 is 9.40 Å². The maximum Gasteiger partial charge on any atom is 0.331 e. The first-order chi connectivity index (χ1) is 12.0. The van der Waals surface area contributed by atoms with Crippen molar-refractivity contribution in [1.29, 1.82) is 0 Å². The molecule has 8 heteroatoms. The third-order valence-electron chi connectivity index (χ3n) is 3.64. The molecule has 5 nitrogen and oxygen atoms in total. The third kappa shape index (κ3) is 2.41. The number of fused-ring (bicyclic) bond motifs is 3. The van der Waals surface area contributed by atoms with Gasteiger partial charge in [-0.25, -0.2) is 22.9 Å². The van der Waals surface area contributed by atoms with Gasteiger partial charge in [0.2, 0.25) is 0 Å². The molecule has 25 heavy (non-hydrogen) atoms. The summed E-state index contributed by atoms with van der Waals surface area (Å²) in [4.78, 5) is 18.1. The fourth-order valence-corrected chi connectivity index (χ4v) is 2.62. The van der Waals surface area contributed by atoms with E-state index in [4.69, 9.17) is 4.42 Å². The van der Waals surface area contributed by atoms with Gasteiger partial charge in [0.1, 0.15) is 16.9 Å². The molecule has 0 bridgehead atoms. The van der Waals surface area contributed by atoms with Crippen LogP contribution in [0.3, 0.4) is 0 Å². The molecule has 0 fully saturated rings. The Kier molecular flexibility index (Phi) is 4.12. The Bertz CT molecular complexity index is 1140. The van der Waals surface area contributed by atoms with Crippen molar-refractivity contribution in [2.45, 2.75) is 20.8 Å². The van der Waals surface area contributed by atoms with Crippen LogP contribution in [0, 0.1) is 24.4 Å². The summed E-state index contributed by atoms with van der Waals surface area (Å²) < 4.78 is 48.5. The second-order valence-electron chi connectivity index (χ2n) is 5.10. The summed E-state index contributed by atoms with van der Waals surface area (Å²) in [5, 5.41) is 0. The predicted molar refractivity (Wildman–Crippen MR) is 87.4 cm³/mol. The van der Waals surface area contributed by atoms with Gasteiger partial charge in [0.15, 0.2) is 29.1 Å². The SMILES string of the molecule is CC.Cc1ccc(-n2c(=O)[nH]c3c4ocnc4c(F)c(F)c32)c(F)c1. The Balaban J connectivity index is 0.000000880. The van der Waals surface area contributed by atoms with Crippen molar-refractivity contribution in [2.75, 3.05) is 0 Å². The number of aryl methyl sites for hydroxylation is 1. The molecule has 4 aromatic rings. The summed E-state index contributed by atoms with van der Waals surface area (Å²) in [5.41, 5.74) is -1.34. The minimum Gasteiger partial charge on any atom is -0.441 e. The molecular weight excluding hydrogens is 335 g/mol. The number of nitrogens with zero attached hydrogens (tertiary/aromatic N) is 2. The van der Waals surface area contributed by atoms with E-state index in [1.165, 1.54) is 12.1 Å². The highest BCUT2D eigenvalue weighted by atomic mass is 19.2. The Hall–Kier alpha value is -3.03. The number of nitrogens with one attached hydrogen (secondary N) is 1. The van der Waals surface area contributed by atoms with Gasteiger partial charge in [0.05, 0.1) is 5.69 Å². The molecule has 0 unspecified atom stereocenters. The maximum atomic E-state index is 14.4. The van der Waals surface area contributed by atoms with Crippen molar-refractivity contribution in [1.82, 2.24) is 14.5 Å². The van der Waals surface area contributed by atoms with Crippen LogP contribution in [0.4, 0.5) is 13.2 Å². The van der Waals surface area contributed by atoms with E-state index < -0.39 is 28.7 Å². The minimum absolute atomic E-state index is 0.0821. The largest absolute Gasteiger partial charge is 0.441 e. The van der Waals surface area contributed by atoms with Crippen LogP contribution in [0.1, 0.15) is 19.4 Å². The van der Waals surface area contributed by atoms with E-state index in [0.29, 0.717) is 5.56 Å². The lowest BCUT2D eigenvalue weighted by molar-refractivity contribution is 0.519. The maximum absolute atomic E-state index is 14.4. The fourth-order valence-electron chi connectivity index (χ4n) is 2.62. The van der Waals surface area contributed by atoms with E-state index in [1.807, 2.05) is 13.8 Å². The quantitative estimate of drug-likeness (QED) is 0.560. The molecule has 0 saturated heterocycles. The first-order valence-corrected chi connectivity index (χ1v) is 7.60. The zero-order chi connectivity index (χ0) is 18.3. The van der Waals surface area contributed by atoms with Crippen LogP contribution in [0.5, 0.6) is 0 Å². The number of aromatic amines is 1. The topological polar surface area (TPSA) is 63.8 Å². The van der Waals surface area contributed by atoms with Gasteiger partial charge >= 0.3 is 5.69 Å². The molecular formula is C17H14F3N3O2. The molecule has 0 aliphatic heterocycles. The average molecular weight is 349 g/mol. The van der Waals surface area contributed by atoms with Crippen molar-refractivity contribution in [2.24, 2.45) is 0 Å². The number of aromatic nitrogens is 3. The summed E-state index contributed by atoms with van der Waals surface area (Å²) in [5.74, 6) is -3.30. The summed E-state index contributed by atoms with van der Waals surface area (Å²) in [6.45, 7) is 5.67. The van der Waals surface area contributed by atoms with Crippen LogP contribution in [0.25, 0.3) is 27.8 Å². The van der Waals surface area contributed by atoms with Gasteiger partial charge in [-0.1, -0.05) is 19.9 Å². The molecule has 0 radical (unpaired) electrons. The van der Waals surface area contributed by atoms with E-state index in [1.54, 1.807) is 13.0 Å². The predicted octanol–water partition coefficient (Wildman–Crippen LogP) is 4.21. The van der Waals surface area contributed by atoms with E-state index >= 15 is 0 Å². The lowest BCUT2D eigenvalue weighted by Gasteiger charge is -2.07. The number of halogens is 3. The van der Waals surface area contributed by atoms with E-state index in [9.17, 15) is 18.0 Å². The number of oxazole rings is 1. The molecule has 2 heterocycles. The molecule has 2 aromatic heterocycles. The number of rotatable bonds is 1. The lowest BCUT2D eigenvalue weighted by atomic mass is 10.2. The van der Waals surface area contributed by atoms with Gasteiger partial charge in [-0.05, 0) is 24.6 Å². The minimum atomic E-state index is -1.31. The van der Waals surface area contributed by atoms with Crippen LogP contribution < -0.4 is 5.69 Å². The van der Waals surface area contributed by atoms with Crippen molar-refractivity contribution in [3.8, 4) is 5.69 Å². The lowest BCUT2D eigenvalue weighted by Crippen LogP contribution is -2.16. The van der Waals surface area contributed by atoms with E-state index in [-0.39, 0.29) is 22.3 Å². The van der Waals surface area contributed by atoms with Crippen molar-refractivity contribution < 1.29 is 17.6 Å². The molecule has 4 rings (SSSR count). The highest BCUT2D eigenvalue weighted by Crippen LogP contribution is 2.30. The van der Waals surface area contributed by atoms with Crippen LogP contribution in [-0.4, -0.2) is 14.5 Å². The molecule has 2 aromatic carbocycles. The fraction of sp³-hybridized carbons (Fsp3) is 0.176. The highest BCUT2D eigenvalue weighted by molar-refractivity contribution is 6.00. The smallest absolute Gasteiger partial charge is 0.331 e. The molecule has 0 amide bonds. The van der Waals surface area contributed by atoms with E-state index in [0.717, 1.165) is 11.0 Å². The Labute approximate surface area is 139 Å². The molecule has 0 saturated carbocycles. The Morgan fingerprint density at radius 1 is 1.16 bits per heavy atom. The number of hydrogen-bond donors (Lipinski definition) is 1. The summed E-state index contributed by atoms with van der Waals surface area (Å²) >= 11 is 0. The summed E-state index contributed by atoms with van der Waals surface area (Å²) in [7, 11) is 0. The normalized spacial score (nSPS) is 11.0. The average Bonchev–Trinajstić information content (AvgIpc) is 3.20. The summed E-state index contributed by atoms with van der Waals surface area (Å²) in [6, 6.07) is 4.08. The molecule has 0 spiro atoms. The van der Waals surface area contributed by atoms with Crippen LogP contribution in [0.15, 0.2) is 33.8 Å². The van der Waals surface area contributed by atoms with Crippen molar-refractivity contribution in [3.05, 3.63) is 58.1 Å². The number of imidazole rings is 1. The second-order valence-corrected chi connectivity index (χ2v) is 5.10. The third-order valence-corrected chi connectivity index (χ3v) is 3.64. The monoisotopic (exact) mass is 349 g/mol. The van der Waals surface area contributed by atoms with Crippen LogP contribution in [0.2, 0.25) is 0 Å². The molecule has 130 valence electrons. The van der Waals surface area contributed by atoms with E-state index in [2.05, 4.69) is 9.97 Å². The van der Waals surface area contributed by atoms with Crippen molar-refractivity contribution >= 4 is 22.1 Å². The number of benzene rings is 2. The van der Waals surface area contributed by atoms with Crippen LogP contribution >= 0.6 is 0 Å². The highest BCUT2D eigenvalue weighted by Gasteiger charge is 2.24. The van der Waals surface area contributed by atoms with Gasteiger partial charge in [0, 0.05) is 0 Å². The molecule has 0 aliphatic rings.